The van der Waals surface area contributed by atoms with Gasteiger partial charge in [-0.3, -0.25) is 9.59 Å². The van der Waals surface area contributed by atoms with Crippen LogP contribution in [0.3, 0.4) is 0 Å². The molecule has 0 aliphatic carbocycles. The van der Waals surface area contributed by atoms with Crippen LogP contribution in [0, 0.1) is 0 Å². The molecule has 322 valence electrons. The van der Waals surface area contributed by atoms with Crippen LogP contribution in [0.25, 0.3) is 11.1 Å². The predicted octanol–water partition coefficient (Wildman–Crippen LogP) is 11.3. The smallest absolute Gasteiger partial charge is 0.334 e. The number of hydrogen-bond acceptors (Lipinski definition) is 8. The lowest BCUT2D eigenvalue weighted by atomic mass is 9.68. The van der Waals surface area contributed by atoms with Gasteiger partial charge in [0.2, 0.25) is 0 Å². The molecule has 1 unspecified atom stereocenters. The van der Waals surface area contributed by atoms with Crippen LogP contribution in [0.5, 0.6) is 11.5 Å². The Hall–Kier alpha value is -5.76. The molecule has 5 rings (SSSR count). The monoisotopic (exact) mass is 826 g/mol. The molecule has 1 heterocycles. The van der Waals surface area contributed by atoms with E-state index in [0.717, 1.165) is 33.4 Å². The van der Waals surface area contributed by atoms with Crippen molar-refractivity contribution in [2.75, 3.05) is 13.2 Å². The van der Waals surface area contributed by atoms with E-state index in [1.54, 1.807) is 0 Å². The highest BCUT2D eigenvalue weighted by atomic mass is 16.6. The maximum Gasteiger partial charge on any atom is 0.334 e. The summed E-state index contributed by atoms with van der Waals surface area (Å²) in [7, 11) is 0. The second-order valence-electron chi connectivity index (χ2n) is 20.1. The fraction of sp³-hybridized carbons (Fsp3) is 0.396. The number of rotatable bonds is 12. The van der Waals surface area contributed by atoms with Crippen molar-refractivity contribution in [3.8, 4) is 22.6 Å². The zero-order valence-corrected chi connectivity index (χ0v) is 38.1. The number of esters is 4. The molecule has 0 saturated carbocycles. The highest BCUT2D eigenvalue weighted by Gasteiger charge is 2.53. The molecule has 8 nitrogen and oxygen atoms in total. The molecular weight excluding hydrogens is 765 g/mol. The summed E-state index contributed by atoms with van der Waals surface area (Å²) in [6.45, 7) is 32.4. The van der Waals surface area contributed by atoms with Gasteiger partial charge in [0.05, 0.1) is 6.42 Å². The maximum absolute atomic E-state index is 14.2. The third-order valence-corrected chi connectivity index (χ3v) is 11.1. The number of carbonyl (C=O) groups is 4. The van der Waals surface area contributed by atoms with E-state index in [4.69, 9.17) is 18.9 Å². The quantitative estimate of drug-likeness (QED) is 0.0602. The van der Waals surface area contributed by atoms with E-state index in [9.17, 15) is 19.2 Å². The van der Waals surface area contributed by atoms with Crippen molar-refractivity contribution >= 4 is 23.9 Å². The van der Waals surface area contributed by atoms with Gasteiger partial charge in [0, 0.05) is 39.8 Å². The highest BCUT2D eigenvalue weighted by Crippen LogP contribution is 2.53. The molecule has 0 amide bonds. The van der Waals surface area contributed by atoms with Crippen molar-refractivity contribution in [3.05, 3.63) is 143 Å². The summed E-state index contributed by atoms with van der Waals surface area (Å²) >= 11 is 0. The Morgan fingerprint density at radius 2 is 1.11 bits per heavy atom. The lowest BCUT2D eigenvalue weighted by Gasteiger charge is -2.30. The third kappa shape index (κ3) is 10.2. The molecule has 61 heavy (non-hydrogen) atoms. The van der Waals surface area contributed by atoms with Crippen LogP contribution in [0.15, 0.2) is 109 Å². The van der Waals surface area contributed by atoms with E-state index in [1.807, 2.05) is 66.7 Å². The number of fused-ring (bicyclic) bond motifs is 1. The van der Waals surface area contributed by atoms with E-state index >= 15 is 0 Å². The van der Waals surface area contributed by atoms with E-state index < -0.39 is 35.7 Å². The van der Waals surface area contributed by atoms with Crippen molar-refractivity contribution in [2.45, 2.75) is 123 Å². The van der Waals surface area contributed by atoms with Crippen molar-refractivity contribution in [3.63, 3.8) is 0 Å². The minimum absolute atomic E-state index is 0.0469. The van der Waals surface area contributed by atoms with Gasteiger partial charge in [-0.15, -0.1) is 0 Å². The van der Waals surface area contributed by atoms with Gasteiger partial charge in [0.1, 0.15) is 30.1 Å². The Labute approximate surface area is 362 Å². The van der Waals surface area contributed by atoms with Gasteiger partial charge in [-0.25, -0.2) is 9.59 Å². The minimum atomic E-state index is -1.36. The average Bonchev–Trinajstić information content (AvgIpc) is 3.45. The molecule has 0 aromatic heterocycles. The van der Waals surface area contributed by atoms with Gasteiger partial charge >= 0.3 is 23.9 Å². The molecule has 0 radical (unpaired) electrons. The molecule has 0 spiro atoms. The largest absolute Gasteiger partial charge is 0.459 e. The van der Waals surface area contributed by atoms with Crippen LogP contribution in [-0.4, -0.2) is 37.1 Å². The molecule has 1 atom stereocenters. The summed E-state index contributed by atoms with van der Waals surface area (Å²) in [5.41, 5.74) is 4.31. The van der Waals surface area contributed by atoms with Gasteiger partial charge in [-0.05, 0) is 50.0 Å². The van der Waals surface area contributed by atoms with Crippen molar-refractivity contribution in [1.82, 2.24) is 0 Å². The average molecular weight is 827 g/mol. The van der Waals surface area contributed by atoms with Crippen molar-refractivity contribution in [1.29, 1.82) is 0 Å². The first-order valence-corrected chi connectivity index (χ1v) is 20.9. The zero-order valence-electron chi connectivity index (χ0n) is 38.1. The second-order valence-corrected chi connectivity index (χ2v) is 20.1. The van der Waals surface area contributed by atoms with Crippen LogP contribution in [0.2, 0.25) is 0 Å². The Morgan fingerprint density at radius 3 is 1.64 bits per heavy atom. The summed E-state index contributed by atoms with van der Waals surface area (Å²) in [5.74, 6) is -1.82. The second kappa shape index (κ2) is 17.3. The Morgan fingerprint density at radius 1 is 0.623 bits per heavy atom. The van der Waals surface area contributed by atoms with Gasteiger partial charge < -0.3 is 18.9 Å². The molecule has 0 fully saturated rings. The van der Waals surface area contributed by atoms with E-state index in [2.05, 4.69) is 114 Å². The normalized spacial score (nSPS) is 15.4. The van der Waals surface area contributed by atoms with Gasteiger partial charge in [-0.1, -0.05) is 175 Å². The first-order valence-electron chi connectivity index (χ1n) is 20.9. The number of ether oxygens (including phenoxy) is 4. The Kier molecular flexibility index (Phi) is 13.1. The molecule has 0 saturated heterocycles. The highest BCUT2D eigenvalue weighted by molar-refractivity contribution is 5.98. The van der Waals surface area contributed by atoms with Gasteiger partial charge in [-0.2, -0.15) is 0 Å². The molecule has 4 aromatic rings. The fourth-order valence-electron chi connectivity index (χ4n) is 7.42. The Balaban J connectivity index is 1.27. The lowest BCUT2D eigenvalue weighted by Crippen LogP contribution is -2.37. The number of carbonyl (C=O) groups excluding carboxylic acids is 4. The summed E-state index contributed by atoms with van der Waals surface area (Å²) < 4.78 is 23.1. The van der Waals surface area contributed by atoms with E-state index in [-0.39, 0.29) is 52.4 Å². The fourth-order valence-corrected chi connectivity index (χ4v) is 7.42. The third-order valence-electron chi connectivity index (χ3n) is 11.1. The molecule has 0 N–H and O–H groups in total. The van der Waals surface area contributed by atoms with Gasteiger partial charge in [0.15, 0.2) is 0 Å². The molecule has 4 aromatic carbocycles. The summed E-state index contributed by atoms with van der Waals surface area (Å²) in [4.78, 5) is 54.2. The van der Waals surface area contributed by atoms with Crippen molar-refractivity contribution in [2.24, 2.45) is 0 Å². The van der Waals surface area contributed by atoms with Crippen LogP contribution in [0.4, 0.5) is 0 Å². The minimum Gasteiger partial charge on any atom is -0.459 e. The Bertz CT molecular complexity index is 2340. The van der Waals surface area contributed by atoms with Crippen molar-refractivity contribution < 1.29 is 38.1 Å². The lowest BCUT2D eigenvalue weighted by molar-refractivity contribution is -0.148. The topological polar surface area (TPSA) is 105 Å². The molecule has 8 heteroatoms. The molecule has 1 aliphatic rings. The molecule has 0 bridgehead atoms. The first kappa shape index (κ1) is 46.3. The number of benzene rings is 4. The summed E-state index contributed by atoms with van der Waals surface area (Å²) in [5, 5.41) is 0. The van der Waals surface area contributed by atoms with Crippen LogP contribution < -0.4 is 9.47 Å². The predicted molar refractivity (Wildman–Crippen MR) is 241 cm³/mol. The van der Waals surface area contributed by atoms with E-state index in [0.29, 0.717) is 22.6 Å². The van der Waals surface area contributed by atoms with Crippen LogP contribution >= 0.6 is 0 Å². The SMILES string of the molecule is C=C(CC(=O)Oc1c(-c2ccccc2)cc(C(C)(C)C)cc1C(C)(C)C)C(=O)OCCOC(=O)C(=C)CC1(c2ccccc2)C(=O)Oc2c(C(C)(C)C)cc(C(C)(C)C)cc21. The number of hydrogen-bond donors (Lipinski definition) is 0. The molecular formula is C53H62O8. The van der Waals surface area contributed by atoms with E-state index in [1.165, 1.54) is 0 Å². The first-order chi connectivity index (χ1) is 28.2. The molecule has 1 aliphatic heterocycles. The maximum atomic E-state index is 14.2. The van der Waals surface area contributed by atoms with Crippen LogP contribution in [-0.2, 0) is 55.7 Å². The van der Waals surface area contributed by atoms with Gasteiger partial charge in [0.25, 0.3) is 0 Å². The zero-order chi connectivity index (χ0) is 45.3. The summed E-state index contributed by atoms with van der Waals surface area (Å²) in [6.07, 6.45) is -0.513. The van der Waals surface area contributed by atoms with Crippen LogP contribution in [0.1, 0.15) is 129 Å². The standard InChI is InChI=1S/C53H62O8/c1-33(27-43(54)60-44-39(35-21-17-15-18-22-35)28-37(49(3,4)5)29-40(44)51(9,10)11)46(55)58-25-26-59-47(56)34(2)32-53(36-23-19-16-20-24-36)42-31-38(50(6,7)8)30-41(52(12,13)14)45(42)61-48(53)57/h15-24,28-31H,1-2,25-27,32H2,3-14H3. The summed E-state index contributed by atoms with van der Waals surface area (Å²) in [6, 6.07) is 27.2.